The van der Waals surface area contributed by atoms with Crippen LogP contribution in [0.5, 0.6) is 5.75 Å². The second-order valence-electron chi connectivity index (χ2n) is 6.08. The van der Waals surface area contributed by atoms with Crippen molar-refractivity contribution in [3.63, 3.8) is 0 Å². The quantitative estimate of drug-likeness (QED) is 0.549. The van der Waals surface area contributed by atoms with Crippen LogP contribution in [0.2, 0.25) is 0 Å². The number of phenols is 1. The monoisotopic (exact) mass is 348 g/mol. The van der Waals surface area contributed by atoms with E-state index in [9.17, 15) is 9.90 Å². The van der Waals surface area contributed by atoms with Crippen molar-refractivity contribution in [2.24, 2.45) is 5.10 Å². The van der Waals surface area contributed by atoms with Gasteiger partial charge in [-0.05, 0) is 67.4 Å². The Bertz CT molecular complexity index is 943. The Morgan fingerprint density at radius 1 is 1.19 bits per heavy atom. The molecule has 2 aromatic carbocycles. The number of carbonyl (C=O) groups excluding carboxylic acids is 1. The van der Waals surface area contributed by atoms with Crippen molar-refractivity contribution in [3.05, 3.63) is 82.7 Å². The first-order chi connectivity index (χ1) is 12.5. The van der Waals surface area contributed by atoms with Crippen LogP contribution < -0.4 is 5.43 Å². The lowest BCUT2D eigenvalue weighted by molar-refractivity contribution is 0.0955. The molecule has 0 saturated carbocycles. The maximum atomic E-state index is 12.3. The fourth-order valence-electron chi connectivity index (χ4n) is 2.61. The van der Waals surface area contributed by atoms with Gasteiger partial charge in [0.2, 0.25) is 0 Å². The molecule has 3 rings (SSSR count). The molecule has 6 nitrogen and oxygen atoms in total. The summed E-state index contributed by atoms with van der Waals surface area (Å²) in [5.41, 5.74) is 6.87. The minimum atomic E-state index is -0.282. The Labute approximate surface area is 151 Å². The summed E-state index contributed by atoms with van der Waals surface area (Å²) in [7, 11) is 0. The summed E-state index contributed by atoms with van der Waals surface area (Å²) in [6.07, 6.45) is 1.52. The molecule has 0 aliphatic heterocycles. The second kappa shape index (κ2) is 7.65. The first-order valence-corrected chi connectivity index (χ1v) is 8.24. The van der Waals surface area contributed by atoms with Crippen LogP contribution in [0, 0.1) is 13.8 Å². The molecule has 132 valence electrons. The van der Waals surface area contributed by atoms with E-state index in [0.717, 1.165) is 22.5 Å². The van der Waals surface area contributed by atoms with Crippen molar-refractivity contribution in [3.8, 4) is 5.75 Å². The van der Waals surface area contributed by atoms with Crippen LogP contribution >= 0.6 is 0 Å². The number of rotatable bonds is 5. The van der Waals surface area contributed by atoms with Crippen LogP contribution in [-0.4, -0.2) is 27.0 Å². The predicted octanol–water partition coefficient (Wildman–Crippen LogP) is 3.02. The molecule has 6 heteroatoms. The summed E-state index contributed by atoms with van der Waals surface area (Å²) in [5, 5.41) is 17.6. The summed E-state index contributed by atoms with van der Waals surface area (Å²) in [5.74, 6) is -0.0964. The predicted molar refractivity (Wildman–Crippen MR) is 100 cm³/mol. The van der Waals surface area contributed by atoms with Crippen LogP contribution in [0.4, 0.5) is 0 Å². The van der Waals surface area contributed by atoms with Gasteiger partial charge in [0.05, 0.1) is 18.5 Å². The molecule has 1 amide bonds. The van der Waals surface area contributed by atoms with Crippen molar-refractivity contribution in [2.75, 3.05) is 0 Å². The van der Waals surface area contributed by atoms with Gasteiger partial charge in [-0.15, -0.1) is 0 Å². The van der Waals surface area contributed by atoms with E-state index in [2.05, 4.69) is 15.6 Å². The van der Waals surface area contributed by atoms with Gasteiger partial charge in [0.25, 0.3) is 5.91 Å². The first kappa shape index (κ1) is 17.4. The van der Waals surface area contributed by atoms with E-state index in [0.29, 0.717) is 12.1 Å². The molecule has 0 aliphatic carbocycles. The van der Waals surface area contributed by atoms with Crippen LogP contribution in [-0.2, 0) is 6.54 Å². The molecule has 0 fully saturated rings. The van der Waals surface area contributed by atoms with Gasteiger partial charge >= 0.3 is 0 Å². The van der Waals surface area contributed by atoms with Crippen molar-refractivity contribution in [2.45, 2.75) is 20.4 Å². The Balaban J connectivity index is 1.66. The van der Waals surface area contributed by atoms with E-state index < -0.39 is 0 Å². The van der Waals surface area contributed by atoms with Crippen LogP contribution in [0.3, 0.4) is 0 Å². The average Bonchev–Trinajstić information content (AvgIpc) is 2.94. The molecule has 3 aromatic rings. The van der Waals surface area contributed by atoms with Crippen LogP contribution in [0.15, 0.2) is 59.7 Å². The Kier molecular flexibility index (Phi) is 5.12. The molecule has 0 bridgehead atoms. The van der Waals surface area contributed by atoms with Crippen LogP contribution in [0.25, 0.3) is 0 Å². The molecule has 0 radical (unpaired) electrons. The minimum absolute atomic E-state index is 0.186. The number of phenolic OH excluding ortho intramolecular Hbond substituents is 1. The summed E-state index contributed by atoms with van der Waals surface area (Å²) in [6, 6.07) is 16.0. The second-order valence-corrected chi connectivity index (χ2v) is 6.08. The first-order valence-electron chi connectivity index (χ1n) is 8.24. The number of hydrazone groups is 1. The largest absolute Gasteiger partial charge is 0.508 e. The van der Waals surface area contributed by atoms with Gasteiger partial charge in [0, 0.05) is 11.3 Å². The fourth-order valence-corrected chi connectivity index (χ4v) is 2.61. The number of hydrogen-bond donors (Lipinski definition) is 2. The maximum Gasteiger partial charge on any atom is 0.271 e. The zero-order valence-electron chi connectivity index (χ0n) is 14.7. The van der Waals surface area contributed by atoms with Crippen molar-refractivity contribution in [1.29, 1.82) is 0 Å². The highest BCUT2D eigenvalue weighted by Gasteiger charge is 2.07. The van der Waals surface area contributed by atoms with Crippen molar-refractivity contribution >= 4 is 12.1 Å². The third-order valence-electron chi connectivity index (χ3n) is 3.90. The van der Waals surface area contributed by atoms with Gasteiger partial charge in [-0.1, -0.05) is 12.1 Å². The van der Waals surface area contributed by atoms with Crippen molar-refractivity contribution in [1.82, 2.24) is 15.2 Å². The third-order valence-corrected chi connectivity index (χ3v) is 3.90. The molecular formula is C20H20N4O2. The normalized spacial score (nSPS) is 11.0. The van der Waals surface area contributed by atoms with Crippen molar-refractivity contribution < 1.29 is 9.90 Å². The molecule has 0 saturated heterocycles. The minimum Gasteiger partial charge on any atom is -0.508 e. The molecule has 1 heterocycles. The zero-order valence-corrected chi connectivity index (χ0v) is 14.7. The molecule has 1 aromatic heterocycles. The fraction of sp³-hybridized carbons (Fsp3) is 0.150. The smallest absolute Gasteiger partial charge is 0.271 e. The molecule has 2 N–H and O–H groups in total. The molecule has 0 unspecified atom stereocenters. The summed E-state index contributed by atoms with van der Waals surface area (Å²) in [6.45, 7) is 4.58. The number of nitrogens with one attached hydrogen (secondary N) is 1. The highest BCUT2D eigenvalue weighted by atomic mass is 16.3. The lowest BCUT2D eigenvalue weighted by atomic mass is 10.1. The standard InChI is InChI=1S/C20H20N4O2/c1-14-10-15(2)24(23-14)13-17-4-3-5-18(11-17)20(26)22-21-12-16-6-8-19(25)9-7-16/h3-12,25H,13H2,1-2H3,(H,22,26)/b21-12-. The number of aromatic nitrogens is 2. The number of carbonyl (C=O) groups is 1. The van der Waals surface area contributed by atoms with Gasteiger partial charge in [-0.2, -0.15) is 10.2 Å². The summed E-state index contributed by atoms with van der Waals surface area (Å²) in [4.78, 5) is 12.3. The van der Waals surface area contributed by atoms with Gasteiger partial charge in [-0.3, -0.25) is 9.48 Å². The maximum absolute atomic E-state index is 12.3. The SMILES string of the molecule is Cc1cc(C)n(Cc2cccc(C(=O)N/N=C\c3ccc(O)cc3)c2)n1. The number of aromatic hydroxyl groups is 1. The van der Waals surface area contributed by atoms with E-state index in [4.69, 9.17) is 0 Å². The zero-order chi connectivity index (χ0) is 18.5. The number of benzene rings is 2. The van der Waals surface area contributed by atoms with E-state index >= 15 is 0 Å². The third kappa shape index (κ3) is 4.36. The van der Waals surface area contributed by atoms with Gasteiger partial charge < -0.3 is 5.11 Å². The van der Waals surface area contributed by atoms with E-state index in [1.807, 2.05) is 42.8 Å². The summed E-state index contributed by atoms with van der Waals surface area (Å²) >= 11 is 0. The van der Waals surface area contributed by atoms with Gasteiger partial charge in [0.15, 0.2) is 0 Å². The molecule has 26 heavy (non-hydrogen) atoms. The van der Waals surface area contributed by atoms with Gasteiger partial charge in [-0.25, -0.2) is 5.43 Å². The number of amides is 1. The number of aryl methyl sites for hydroxylation is 2. The average molecular weight is 348 g/mol. The lowest BCUT2D eigenvalue weighted by Gasteiger charge is -2.06. The molecule has 0 aliphatic rings. The summed E-state index contributed by atoms with van der Waals surface area (Å²) < 4.78 is 1.91. The Morgan fingerprint density at radius 2 is 1.96 bits per heavy atom. The highest BCUT2D eigenvalue weighted by Crippen LogP contribution is 2.10. The van der Waals surface area contributed by atoms with Gasteiger partial charge in [0.1, 0.15) is 5.75 Å². The Hall–Kier alpha value is -3.41. The molecule has 0 spiro atoms. The molecule has 0 atom stereocenters. The molecular weight excluding hydrogens is 328 g/mol. The van der Waals surface area contributed by atoms with E-state index in [1.54, 1.807) is 30.3 Å². The Morgan fingerprint density at radius 3 is 2.65 bits per heavy atom. The number of hydrogen-bond acceptors (Lipinski definition) is 4. The lowest BCUT2D eigenvalue weighted by Crippen LogP contribution is -2.18. The topological polar surface area (TPSA) is 79.5 Å². The highest BCUT2D eigenvalue weighted by molar-refractivity contribution is 5.95. The van der Waals surface area contributed by atoms with E-state index in [-0.39, 0.29) is 11.7 Å². The number of nitrogens with zero attached hydrogens (tertiary/aromatic N) is 3. The van der Waals surface area contributed by atoms with E-state index in [1.165, 1.54) is 6.21 Å². The van der Waals surface area contributed by atoms with Crippen LogP contribution in [0.1, 0.15) is 32.9 Å².